The Balaban J connectivity index is 2.64. The number of Topliss-reactive ketones (excluding diaryl/α,β-unsaturated/α-hetero) is 1. The van der Waals surface area contributed by atoms with Crippen LogP contribution in [0.2, 0.25) is 5.02 Å². The summed E-state index contributed by atoms with van der Waals surface area (Å²) in [5, 5.41) is 10.2. The molecule has 0 atom stereocenters. The molecule has 2 rings (SSSR count). The molecular formula is C16H14Br2ClN3O2. The zero-order chi connectivity index (χ0) is 17.9. The van der Waals surface area contributed by atoms with E-state index in [4.69, 9.17) is 11.6 Å². The third-order valence-corrected chi connectivity index (χ3v) is 4.54. The summed E-state index contributed by atoms with van der Waals surface area (Å²) in [6.45, 7) is 1.93. The summed E-state index contributed by atoms with van der Waals surface area (Å²) in [5.74, 6) is -0.203. The largest absolute Gasteiger partial charge is 0.506 e. The fourth-order valence-electron chi connectivity index (χ4n) is 2.08. The molecule has 8 heteroatoms. The van der Waals surface area contributed by atoms with Crippen LogP contribution in [0.3, 0.4) is 0 Å². The van der Waals surface area contributed by atoms with Crippen molar-refractivity contribution < 1.29 is 9.90 Å². The van der Waals surface area contributed by atoms with Crippen molar-refractivity contribution in [2.75, 3.05) is 7.05 Å². The SMILES string of the molecule is CC/C=C(\C(=O)c1cc(Br)c(O)c(Br)c1)n1cc(Cl)cn/c1=N/C. The summed E-state index contributed by atoms with van der Waals surface area (Å²) >= 11 is 12.5. The van der Waals surface area contributed by atoms with E-state index in [9.17, 15) is 9.90 Å². The second kappa shape index (κ2) is 8.09. The molecule has 0 amide bonds. The molecule has 24 heavy (non-hydrogen) atoms. The maximum absolute atomic E-state index is 13.0. The molecule has 2 aromatic rings. The highest BCUT2D eigenvalue weighted by atomic mass is 79.9. The number of halogens is 3. The van der Waals surface area contributed by atoms with Crippen LogP contribution in [0.25, 0.3) is 5.70 Å². The highest BCUT2D eigenvalue weighted by molar-refractivity contribution is 9.11. The molecule has 1 heterocycles. The number of allylic oxidation sites excluding steroid dienone is 2. The third-order valence-electron chi connectivity index (χ3n) is 3.14. The minimum absolute atomic E-state index is 0.0360. The van der Waals surface area contributed by atoms with Gasteiger partial charge in [0.25, 0.3) is 0 Å². The lowest BCUT2D eigenvalue weighted by molar-refractivity contribution is 0.105. The lowest BCUT2D eigenvalue weighted by Crippen LogP contribution is -2.26. The molecule has 0 aliphatic heterocycles. The Morgan fingerprint density at radius 2 is 2.04 bits per heavy atom. The average Bonchev–Trinajstić information content (AvgIpc) is 2.56. The molecule has 0 radical (unpaired) electrons. The number of carbonyl (C=O) groups is 1. The summed E-state index contributed by atoms with van der Waals surface area (Å²) in [6, 6.07) is 3.13. The number of carbonyl (C=O) groups excluding carboxylic acids is 1. The van der Waals surface area contributed by atoms with Crippen LogP contribution in [-0.4, -0.2) is 27.5 Å². The fraction of sp³-hybridized carbons (Fsp3) is 0.188. The highest BCUT2D eigenvalue weighted by Gasteiger charge is 2.18. The number of benzene rings is 1. The van der Waals surface area contributed by atoms with Gasteiger partial charge in [0.05, 0.1) is 25.9 Å². The van der Waals surface area contributed by atoms with E-state index < -0.39 is 0 Å². The second-order valence-electron chi connectivity index (χ2n) is 4.78. The highest BCUT2D eigenvalue weighted by Crippen LogP contribution is 2.34. The van der Waals surface area contributed by atoms with E-state index in [-0.39, 0.29) is 11.5 Å². The molecule has 0 saturated heterocycles. The molecular weight excluding hydrogens is 461 g/mol. The fourth-order valence-corrected chi connectivity index (χ4v) is 3.41. The van der Waals surface area contributed by atoms with Crippen LogP contribution < -0.4 is 5.62 Å². The molecule has 0 aliphatic rings. The minimum atomic E-state index is -0.239. The van der Waals surface area contributed by atoms with E-state index in [0.717, 1.165) is 0 Å². The van der Waals surface area contributed by atoms with Crippen LogP contribution in [-0.2, 0) is 0 Å². The lowest BCUT2D eigenvalue weighted by atomic mass is 10.1. The summed E-state index contributed by atoms with van der Waals surface area (Å²) in [7, 11) is 1.59. The number of phenols is 1. The number of aromatic nitrogens is 2. The van der Waals surface area contributed by atoms with Gasteiger partial charge in [-0.25, -0.2) is 4.98 Å². The normalized spacial score (nSPS) is 12.5. The Kier molecular flexibility index (Phi) is 6.37. The van der Waals surface area contributed by atoms with E-state index in [1.54, 1.807) is 36.0 Å². The Labute approximate surface area is 161 Å². The van der Waals surface area contributed by atoms with Gasteiger partial charge in [-0.15, -0.1) is 0 Å². The smallest absolute Gasteiger partial charge is 0.229 e. The van der Waals surface area contributed by atoms with E-state index in [2.05, 4.69) is 41.8 Å². The first kappa shape index (κ1) is 18.9. The standard InChI is InChI=1S/C16H14Br2ClN3O2/c1-3-4-13(22-8-10(19)7-21-16(22)20-2)14(23)9-5-11(17)15(24)12(18)6-9/h4-8,24H,3H2,1-2H3/b13-4+,20-16-. The van der Waals surface area contributed by atoms with Crippen LogP contribution in [0.15, 0.2) is 44.5 Å². The topological polar surface area (TPSA) is 67.5 Å². The van der Waals surface area contributed by atoms with Crippen molar-refractivity contribution in [1.82, 2.24) is 9.55 Å². The van der Waals surface area contributed by atoms with Crippen molar-refractivity contribution in [1.29, 1.82) is 0 Å². The van der Waals surface area contributed by atoms with Crippen molar-refractivity contribution in [3.8, 4) is 5.75 Å². The maximum atomic E-state index is 13.0. The van der Waals surface area contributed by atoms with Gasteiger partial charge in [-0.05, 0) is 50.4 Å². The monoisotopic (exact) mass is 473 g/mol. The Hall–Kier alpha value is -1.44. The Bertz CT molecular complexity index is 868. The number of rotatable bonds is 4. The summed E-state index contributed by atoms with van der Waals surface area (Å²) in [4.78, 5) is 21.2. The molecule has 0 fully saturated rings. The summed E-state index contributed by atoms with van der Waals surface area (Å²) < 4.78 is 2.40. The van der Waals surface area contributed by atoms with Crippen LogP contribution in [0.4, 0.5) is 0 Å². The molecule has 126 valence electrons. The molecule has 5 nitrogen and oxygen atoms in total. The molecule has 0 unspecified atom stereocenters. The van der Waals surface area contributed by atoms with Gasteiger partial charge in [-0.3, -0.25) is 14.4 Å². The van der Waals surface area contributed by atoms with E-state index in [1.807, 2.05) is 6.92 Å². The van der Waals surface area contributed by atoms with Crippen LogP contribution in [0.5, 0.6) is 5.75 Å². The molecule has 0 saturated carbocycles. The van der Waals surface area contributed by atoms with Gasteiger partial charge in [0.2, 0.25) is 11.4 Å². The first-order valence-electron chi connectivity index (χ1n) is 6.99. The van der Waals surface area contributed by atoms with Gasteiger partial charge in [0.1, 0.15) is 5.75 Å². The number of hydrogen-bond donors (Lipinski definition) is 1. The van der Waals surface area contributed by atoms with Gasteiger partial charge in [-0.1, -0.05) is 24.6 Å². The molecule has 1 aromatic carbocycles. The van der Waals surface area contributed by atoms with Gasteiger partial charge >= 0.3 is 0 Å². The third kappa shape index (κ3) is 3.96. The molecule has 1 N–H and O–H groups in total. The van der Waals surface area contributed by atoms with Crippen molar-refractivity contribution in [3.63, 3.8) is 0 Å². The number of phenolic OH excluding ortho intramolecular Hbond substituents is 1. The number of ketones is 1. The quantitative estimate of drug-likeness (QED) is 0.526. The number of nitrogens with zero attached hydrogens (tertiary/aromatic N) is 3. The maximum Gasteiger partial charge on any atom is 0.229 e. The van der Waals surface area contributed by atoms with Gasteiger partial charge in [0, 0.05) is 18.8 Å². The predicted molar refractivity (Wildman–Crippen MR) is 101 cm³/mol. The molecule has 0 spiro atoms. The van der Waals surface area contributed by atoms with Crippen LogP contribution in [0, 0.1) is 0 Å². The van der Waals surface area contributed by atoms with Gasteiger partial charge in [-0.2, -0.15) is 0 Å². The van der Waals surface area contributed by atoms with Crippen molar-refractivity contribution >= 4 is 54.9 Å². The van der Waals surface area contributed by atoms with Crippen molar-refractivity contribution in [3.05, 3.63) is 55.8 Å². The predicted octanol–water partition coefficient (Wildman–Crippen LogP) is 4.43. The van der Waals surface area contributed by atoms with Crippen molar-refractivity contribution in [2.24, 2.45) is 4.99 Å². The second-order valence-corrected chi connectivity index (χ2v) is 6.93. The van der Waals surface area contributed by atoms with Crippen LogP contribution in [0.1, 0.15) is 23.7 Å². The zero-order valence-corrected chi connectivity index (χ0v) is 16.9. The van der Waals surface area contributed by atoms with Crippen molar-refractivity contribution in [2.45, 2.75) is 13.3 Å². The van der Waals surface area contributed by atoms with Gasteiger partial charge < -0.3 is 5.11 Å². The molecule has 1 aromatic heterocycles. The van der Waals surface area contributed by atoms with E-state index in [1.165, 1.54) is 6.20 Å². The first-order valence-corrected chi connectivity index (χ1v) is 8.95. The summed E-state index contributed by atoms with van der Waals surface area (Å²) in [5.41, 5.74) is 1.16. The van der Waals surface area contributed by atoms with E-state index >= 15 is 0 Å². The Morgan fingerprint density at radius 1 is 1.42 bits per heavy atom. The van der Waals surface area contributed by atoms with Gasteiger partial charge in [0.15, 0.2) is 0 Å². The average molecular weight is 476 g/mol. The minimum Gasteiger partial charge on any atom is -0.506 e. The number of hydrogen-bond acceptors (Lipinski definition) is 4. The molecule has 0 aliphatic carbocycles. The molecule has 0 bridgehead atoms. The lowest BCUT2D eigenvalue weighted by Gasteiger charge is -2.12. The van der Waals surface area contributed by atoms with Crippen LogP contribution >= 0.6 is 43.5 Å². The van der Waals surface area contributed by atoms with E-state index in [0.29, 0.717) is 37.3 Å². The Morgan fingerprint density at radius 3 is 2.58 bits per heavy atom. The summed E-state index contributed by atoms with van der Waals surface area (Å²) in [6.07, 6.45) is 5.50. The first-order chi connectivity index (χ1) is 11.4. The zero-order valence-electron chi connectivity index (χ0n) is 12.9. The number of aromatic hydroxyl groups is 1.